The van der Waals surface area contributed by atoms with Gasteiger partial charge in [0.2, 0.25) is 0 Å². The minimum Gasteiger partial charge on any atom is -0.507 e. The van der Waals surface area contributed by atoms with Crippen LogP contribution < -0.4 is 5.43 Å². The van der Waals surface area contributed by atoms with Crippen LogP contribution in [0.1, 0.15) is 66.6 Å². The van der Waals surface area contributed by atoms with Crippen molar-refractivity contribution in [1.29, 1.82) is 0 Å². The highest BCUT2D eigenvalue weighted by Gasteiger charge is 2.14. The predicted molar refractivity (Wildman–Crippen MR) is 97.7 cm³/mol. The maximum absolute atomic E-state index is 13.2. The first kappa shape index (κ1) is 18.6. The van der Waals surface area contributed by atoms with Gasteiger partial charge in [0.05, 0.1) is 6.21 Å². The smallest absolute Gasteiger partial charge is 0.271 e. The summed E-state index contributed by atoms with van der Waals surface area (Å²) in [6, 6.07) is 9.12. The molecule has 2 rings (SSSR count). The Bertz CT molecular complexity index is 769. The number of hydrogen-bond acceptors (Lipinski definition) is 3. The van der Waals surface area contributed by atoms with Crippen molar-refractivity contribution < 1.29 is 14.3 Å². The summed E-state index contributed by atoms with van der Waals surface area (Å²) in [4.78, 5) is 12.0. The van der Waals surface area contributed by atoms with Crippen molar-refractivity contribution in [2.75, 3.05) is 0 Å². The third-order valence-corrected chi connectivity index (χ3v) is 3.90. The van der Waals surface area contributed by atoms with Crippen LogP contribution in [0.25, 0.3) is 0 Å². The number of hydrazone groups is 1. The first-order valence-electron chi connectivity index (χ1n) is 8.25. The van der Waals surface area contributed by atoms with Crippen LogP contribution in [0.15, 0.2) is 41.5 Å². The van der Waals surface area contributed by atoms with E-state index in [9.17, 15) is 14.3 Å². The van der Waals surface area contributed by atoms with Crippen molar-refractivity contribution >= 4 is 12.1 Å². The second kappa shape index (κ2) is 7.92. The molecule has 132 valence electrons. The number of phenolic OH excluding ortho intramolecular Hbond substituents is 1. The van der Waals surface area contributed by atoms with E-state index >= 15 is 0 Å². The average molecular weight is 342 g/mol. The van der Waals surface area contributed by atoms with Crippen LogP contribution in [-0.2, 0) is 0 Å². The topological polar surface area (TPSA) is 61.7 Å². The molecule has 5 heteroatoms. The number of rotatable bonds is 5. The molecule has 0 bridgehead atoms. The Morgan fingerprint density at radius 3 is 2.24 bits per heavy atom. The fourth-order valence-electron chi connectivity index (χ4n) is 2.52. The summed E-state index contributed by atoms with van der Waals surface area (Å²) >= 11 is 0. The molecule has 0 aliphatic rings. The fraction of sp³-hybridized carbons (Fsp3) is 0.300. The van der Waals surface area contributed by atoms with Gasteiger partial charge >= 0.3 is 0 Å². The van der Waals surface area contributed by atoms with Gasteiger partial charge in [0, 0.05) is 5.56 Å². The molecule has 1 amide bonds. The van der Waals surface area contributed by atoms with E-state index in [1.54, 1.807) is 0 Å². The highest BCUT2D eigenvalue weighted by molar-refractivity contribution is 5.94. The van der Waals surface area contributed by atoms with Crippen LogP contribution in [-0.4, -0.2) is 17.2 Å². The summed E-state index contributed by atoms with van der Waals surface area (Å²) < 4.78 is 13.2. The second-order valence-corrected chi connectivity index (χ2v) is 6.57. The predicted octanol–water partition coefficient (Wildman–Crippen LogP) is 4.54. The van der Waals surface area contributed by atoms with Gasteiger partial charge in [-0.2, -0.15) is 5.10 Å². The van der Waals surface area contributed by atoms with Crippen LogP contribution in [0, 0.1) is 5.82 Å². The minimum atomic E-state index is -0.484. The van der Waals surface area contributed by atoms with Crippen molar-refractivity contribution in [1.82, 2.24) is 5.43 Å². The Balaban J connectivity index is 2.21. The molecule has 4 nitrogen and oxygen atoms in total. The van der Waals surface area contributed by atoms with Gasteiger partial charge in [-0.3, -0.25) is 4.79 Å². The lowest BCUT2D eigenvalue weighted by Gasteiger charge is -2.16. The number of aromatic hydroxyl groups is 1. The summed E-state index contributed by atoms with van der Waals surface area (Å²) in [5.74, 6) is -0.326. The molecular formula is C20H23FN2O2. The molecule has 2 aromatic rings. The van der Waals surface area contributed by atoms with Crippen molar-refractivity contribution in [2.45, 2.75) is 39.5 Å². The number of benzene rings is 2. The lowest BCUT2D eigenvalue weighted by atomic mass is 9.92. The van der Waals surface area contributed by atoms with Crippen molar-refractivity contribution in [3.63, 3.8) is 0 Å². The maximum atomic E-state index is 13.2. The van der Waals surface area contributed by atoms with Crippen LogP contribution in [0.4, 0.5) is 4.39 Å². The van der Waals surface area contributed by atoms with E-state index in [0.29, 0.717) is 5.75 Å². The Labute approximate surface area is 147 Å². The summed E-state index contributed by atoms with van der Waals surface area (Å²) in [7, 11) is 0. The number of hydrogen-bond donors (Lipinski definition) is 2. The van der Waals surface area contributed by atoms with Gasteiger partial charge in [0.1, 0.15) is 11.6 Å². The summed E-state index contributed by atoms with van der Waals surface area (Å²) in [5.41, 5.74) is 5.05. The van der Waals surface area contributed by atoms with E-state index in [-0.39, 0.29) is 17.4 Å². The largest absolute Gasteiger partial charge is 0.507 e. The maximum Gasteiger partial charge on any atom is 0.271 e. The van der Waals surface area contributed by atoms with Gasteiger partial charge in [-0.1, -0.05) is 33.8 Å². The van der Waals surface area contributed by atoms with E-state index in [1.165, 1.54) is 24.4 Å². The molecule has 0 unspecified atom stereocenters. The van der Waals surface area contributed by atoms with E-state index in [0.717, 1.165) is 22.8 Å². The summed E-state index contributed by atoms with van der Waals surface area (Å²) in [6.07, 6.45) is 1.52. The molecule has 0 heterocycles. The van der Waals surface area contributed by atoms with Gasteiger partial charge in [-0.05, 0) is 58.9 Å². The summed E-state index contributed by atoms with van der Waals surface area (Å²) in [6.45, 7) is 8.02. The van der Waals surface area contributed by atoms with Crippen LogP contribution in [0.2, 0.25) is 0 Å². The monoisotopic (exact) mass is 342 g/mol. The van der Waals surface area contributed by atoms with Crippen LogP contribution >= 0.6 is 0 Å². The standard InChI is InChI=1S/C20H23FN2O2/c1-12(2)17-8-14(9-18(13(3)4)19(17)24)11-22-23-20(25)15-6-5-7-16(21)10-15/h5-13,24H,1-4H3,(H,23,25)/b22-11-. The lowest BCUT2D eigenvalue weighted by molar-refractivity contribution is 0.0954. The molecule has 0 aliphatic heterocycles. The molecule has 2 N–H and O–H groups in total. The van der Waals surface area contributed by atoms with Gasteiger partial charge in [0.25, 0.3) is 5.91 Å². The second-order valence-electron chi connectivity index (χ2n) is 6.57. The van der Waals surface area contributed by atoms with Gasteiger partial charge < -0.3 is 5.11 Å². The number of halogens is 1. The van der Waals surface area contributed by atoms with Crippen molar-refractivity contribution in [3.05, 3.63) is 64.5 Å². The third kappa shape index (κ3) is 4.66. The molecule has 2 aromatic carbocycles. The molecule has 0 aromatic heterocycles. The molecule has 0 radical (unpaired) electrons. The molecule has 25 heavy (non-hydrogen) atoms. The number of phenols is 1. The molecule has 0 saturated carbocycles. The number of nitrogens with one attached hydrogen (secondary N) is 1. The zero-order chi connectivity index (χ0) is 18.6. The highest BCUT2D eigenvalue weighted by Crippen LogP contribution is 2.34. The minimum absolute atomic E-state index is 0.160. The quantitative estimate of drug-likeness (QED) is 0.619. The Kier molecular flexibility index (Phi) is 5.91. The third-order valence-electron chi connectivity index (χ3n) is 3.90. The van der Waals surface area contributed by atoms with E-state index < -0.39 is 11.7 Å². The van der Waals surface area contributed by atoms with Crippen molar-refractivity contribution in [2.24, 2.45) is 5.10 Å². The first-order valence-corrected chi connectivity index (χ1v) is 8.25. The number of carbonyl (C=O) groups is 1. The SMILES string of the molecule is CC(C)c1cc(/C=N\NC(=O)c2cccc(F)c2)cc(C(C)C)c1O. The fourth-order valence-corrected chi connectivity index (χ4v) is 2.52. The molecule has 0 saturated heterocycles. The van der Waals surface area contributed by atoms with Gasteiger partial charge in [-0.15, -0.1) is 0 Å². The Hall–Kier alpha value is -2.69. The van der Waals surface area contributed by atoms with Crippen LogP contribution in [0.5, 0.6) is 5.75 Å². The summed E-state index contributed by atoms with van der Waals surface area (Å²) in [5, 5.41) is 14.3. The van der Waals surface area contributed by atoms with Gasteiger partial charge in [0.15, 0.2) is 0 Å². The lowest BCUT2D eigenvalue weighted by Crippen LogP contribution is -2.17. The zero-order valence-corrected chi connectivity index (χ0v) is 14.9. The Morgan fingerprint density at radius 1 is 1.12 bits per heavy atom. The number of amides is 1. The first-order chi connectivity index (χ1) is 11.8. The van der Waals surface area contributed by atoms with E-state index in [4.69, 9.17) is 0 Å². The average Bonchev–Trinajstić information content (AvgIpc) is 2.55. The zero-order valence-electron chi connectivity index (χ0n) is 14.9. The van der Waals surface area contributed by atoms with Crippen LogP contribution in [0.3, 0.4) is 0 Å². The van der Waals surface area contributed by atoms with E-state index in [2.05, 4.69) is 10.5 Å². The molecular weight excluding hydrogens is 319 g/mol. The molecule has 0 spiro atoms. The molecule has 0 fully saturated rings. The van der Waals surface area contributed by atoms with Gasteiger partial charge in [-0.25, -0.2) is 9.82 Å². The normalized spacial score (nSPS) is 11.5. The molecule has 0 aliphatic carbocycles. The highest BCUT2D eigenvalue weighted by atomic mass is 19.1. The van der Waals surface area contributed by atoms with E-state index in [1.807, 2.05) is 39.8 Å². The number of nitrogens with zero attached hydrogens (tertiary/aromatic N) is 1. The van der Waals surface area contributed by atoms with Crippen molar-refractivity contribution in [3.8, 4) is 5.75 Å². The molecule has 0 atom stereocenters. The Morgan fingerprint density at radius 2 is 1.72 bits per heavy atom. The number of carbonyl (C=O) groups excluding carboxylic acids is 1.